The van der Waals surface area contributed by atoms with Crippen LogP contribution in [0, 0.1) is 6.92 Å². The van der Waals surface area contributed by atoms with Gasteiger partial charge in [-0.3, -0.25) is 0 Å². The van der Waals surface area contributed by atoms with Crippen molar-refractivity contribution in [1.82, 2.24) is 10.2 Å². The van der Waals surface area contributed by atoms with Crippen LogP contribution >= 0.6 is 15.9 Å². The summed E-state index contributed by atoms with van der Waals surface area (Å²) in [5.74, 6) is -0.181. The molecule has 0 spiro atoms. The van der Waals surface area contributed by atoms with Crippen LogP contribution in [0.2, 0.25) is 0 Å². The van der Waals surface area contributed by atoms with Crippen LogP contribution in [0.15, 0.2) is 51.4 Å². The van der Waals surface area contributed by atoms with Gasteiger partial charge in [0.15, 0.2) is 0 Å². The van der Waals surface area contributed by atoms with Crippen molar-refractivity contribution in [2.75, 3.05) is 0 Å². The van der Waals surface area contributed by atoms with Crippen LogP contribution in [0.1, 0.15) is 15.9 Å². The molecule has 0 amide bonds. The number of rotatable bonds is 3. The molecule has 0 aliphatic heterocycles. The molecule has 1 N–H and O–H groups in total. The molecule has 3 rings (SSSR count). The van der Waals surface area contributed by atoms with E-state index in [4.69, 9.17) is 9.52 Å². The Morgan fingerprint density at radius 2 is 1.77 bits per heavy atom. The number of halogens is 1. The lowest BCUT2D eigenvalue weighted by molar-refractivity contribution is 0.0697. The van der Waals surface area contributed by atoms with E-state index in [9.17, 15) is 4.79 Å². The molecule has 6 heteroatoms. The fraction of sp³-hybridized carbons (Fsp3) is 0.0625. The van der Waals surface area contributed by atoms with Crippen molar-refractivity contribution in [2.24, 2.45) is 0 Å². The van der Waals surface area contributed by atoms with Gasteiger partial charge in [0.2, 0.25) is 11.8 Å². The number of aryl methyl sites for hydroxylation is 1. The summed E-state index contributed by atoms with van der Waals surface area (Å²) in [7, 11) is 0. The van der Waals surface area contributed by atoms with Gasteiger partial charge in [0, 0.05) is 15.6 Å². The molecular formula is C16H11BrN2O3. The molecule has 0 bridgehead atoms. The number of hydrogen-bond acceptors (Lipinski definition) is 4. The first kappa shape index (κ1) is 14.5. The molecule has 2 aromatic carbocycles. The minimum atomic E-state index is -0.969. The standard InChI is InChI=1S/C16H11BrN2O3/c1-9-8-12(17)6-7-13(9)15-19-18-14(22-15)10-2-4-11(5-3-10)16(20)21/h2-8H,1H3,(H,20,21). The molecule has 0 atom stereocenters. The second-order valence-electron chi connectivity index (χ2n) is 4.75. The minimum absolute atomic E-state index is 0.215. The van der Waals surface area contributed by atoms with E-state index in [1.54, 1.807) is 12.1 Å². The number of carboxylic acid groups (broad SMARTS) is 1. The van der Waals surface area contributed by atoms with Gasteiger partial charge in [-0.15, -0.1) is 10.2 Å². The van der Waals surface area contributed by atoms with E-state index in [-0.39, 0.29) is 5.56 Å². The Hall–Kier alpha value is -2.47. The minimum Gasteiger partial charge on any atom is -0.478 e. The van der Waals surface area contributed by atoms with Crippen LogP contribution in [0.25, 0.3) is 22.9 Å². The Morgan fingerprint density at radius 3 is 2.41 bits per heavy atom. The first-order valence-corrected chi connectivity index (χ1v) is 7.27. The third kappa shape index (κ3) is 2.78. The fourth-order valence-corrected chi connectivity index (χ4v) is 2.55. The highest BCUT2D eigenvalue weighted by molar-refractivity contribution is 9.10. The quantitative estimate of drug-likeness (QED) is 0.760. The lowest BCUT2D eigenvalue weighted by Gasteiger charge is -2.01. The van der Waals surface area contributed by atoms with Crippen LogP contribution in [-0.2, 0) is 0 Å². The molecule has 0 unspecified atom stereocenters. The summed E-state index contributed by atoms with van der Waals surface area (Å²) in [6.45, 7) is 1.96. The Kier molecular flexibility index (Phi) is 3.77. The molecule has 0 saturated heterocycles. The predicted octanol–water partition coefficient (Wildman–Crippen LogP) is 4.17. The van der Waals surface area contributed by atoms with E-state index in [2.05, 4.69) is 26.1 Å². The highest BCUT2D eigenvalue weighted by Gasteiger charge is 2.13. The Bertz CT molecular complexity index is 841. The van der Waals surface area contributed by atoms with Gasteiger partial charge in [-0.1, -0.05) is 15.9 Å². The van der Waals surface area contributed by atoms with Gasteiger partial charge < -0.3 is 9.52 Å². The van der Waals surface area contributed by atoms with Crippen LogP contribution in [-0.4, -0.2) is 21.3 Å². The smallest absolute Gasteiger partial charge is 0.335 e. The third-order valence-corrected chi connectivity index (χ3v) is 3.72. The number of aromatic carboxylic acids is 1. The zero-order valence-corrected chi connectivity index (χ0v) is 13.2. The van der Waals surface area contributed by atoms with Crippen molar-refractivity contribution in [3.05, 3.63) is 58.1 Å². The zero-order chi connectivity index (χ0) is 15.7. The van der Waals surface area contributed by atoms with E-state index in [1.165, 1.54) is 12.1 Å². The monoisotopic (exact) mass is 358 g/mol. The van der Waals surface area contributed by atoms with Crippen molar-refractivity contribution < 1.29 is 14.3 Å². The second-order valence-corrected chi connectivity index (χ2v) is 5.67. The molecule has 0 aliphatic rings. The van der Waals surface area contributed by atoms with Crippen LogP contribution in [0.5, 0.6) is 0 Å². The zero-order valence-electron chi connectivity index (χ0n) is 11.6. The number of hydrogen-bond donors (Lipinski definition) is 1. The lowest BCUT2D eigenvalue weighted by Crippen LogP contribution is -1.94. The molecule has 0 saturated carbocycles. The normalized spacial score (nSPS) is 10.6. The maximum absolute atomic E-state index is 10.8. The molecule has 1 aromatic heterocycles. The largest absolute Gasteiger partial charge is 0.478 e. The summed E-state index contributed by atoms with van der Waals surface area (Å²) in [5, 5.41) is 17.0. The molecule has 22 heavy (non-hydrogen) atoms. The van der Waals surface area contributed by atoms with Gasteiger partial charge in [-0.2, -0.15) is 0 Å². The number of carboxylic acids is 1. The SMILES string of the molecule is Cc1cc(Br)ccc1-c1nnc(-c2ccc(C(=O)O)cc2)o1. The van der Waals surface area contributed by atoms with E-state index >= 15 is 0 Å². The van der Waals surface area contributed by atoms with Gasteiger partial charge in [0.25, 0.3) is 0 Å². The summed E-state index contributed by atoms with van der Waals surface area (Å²) >= 11 is 3.41. The van der Waals surface area contributed by atoms with Crippen molar-refractivity contribution in [3.8, 4) is 22.9 Å². The van der Waals surface area contributed by atoms with E-state index in [0.717, 1.165) is 15.6 Å². The van der Waals surface area contributed by atoms with Crippen molar-refractivity contribution >= 4 is 21.9 Å². The predicted molar refractivity (Wildman–Crippen MR) is 84.6 cm³/mol. The maximum Gasteiger partial charge on any atom is 0.335 e. The number of aromatic nitrogens is 2. The number of carbonyl (C=O) groups is 1. The Labute approximate surface area is 134 Å². The lowest BCUT2D eigenvalue weighted by atomic mass is 10.1. The fourth-order valence-electron chi connectivity index (χ4n) is 2.07. The maximum atomic E-state index is 10.8. The average molecular weight is 359 g/mol. The van der Waals surface area contributed by atoms with Gasteiger partial charge in [-0.05, 0) is 55.0 Å². The molecule has 0 radical (unpaired) electrons. The van der Waals surface area contributed by atoms with E-state index in [1.807, 2.05) is 25.1 Å². The molecule has 110 valence electrons. The molecule has 5 nitrogen and oxygen atoms in total. The number of benzene rings is 2. The average Bonchev–Trinajstić information content (AvgIpc) is 2.97. The molecule has 0 aliphatic carbocycles. The summed E-state index contributed by atoms with van der Waals surface area (Å²) in [4.78, 5) is 10.8. The van der Waals surface area contributed by atoms with Crippen molar-refractivity contribution in [3.63, 3.8) is 0 Å². The van der Waals surface area contributed by atoms with Crippen molar-refractivity contribution in [2.45, 2.75) is 6.92 Å². The summed E-state index contributed by atoms with van der Waals surface area (Å²) in [6, 6.07) is 12.1. The number of nitrogens with zero attached hydrogens (tertiary/aromatic N) is 2. The topological polar surface area (TPSA) is 76.2 Å². The highest BCUT2D eigenvalue weighted by Crippen LogP contribution is 2.28. The molecule has 0 fully saturated rings. The first-order chi connectivity index (χ1) is 10.5. The van der Waals surface area contributed by atoms with E-state index in [0.29, 0.717) is 17.3 Å². The van der Waals surface area contributed by atoms with Crippen LogP contribution < -0.4 is 0 Å². The van der Waals surface area contributed by atoms with Crippen molar-refractivity contribution in [1.29, 1.82) is 0 Å². The summed E-state index contributed by atoms with van der Waals surface area (Å²) < 4.78 is 6.68. The highest BCUT2D eigenvalue weighted by atomic mass is 79.9. The van der Waals surface area contributed by atoms with Gasteiger partial charge in [-0.25, -0.2) is 4.79 Å². The van der Waals surface area contributed by atoms with Gasteiger partial charge in [0.1, 0.15) is 0 Å². The third-order valence-electron chi connectivity index (χ3n) is 3.22. The molecule has 1 heterocycles. The van der Waals surface area contributed by atoms with Gasteiger partial charge in [0.05, 0.1) is 5.56 Å². The van der Waals surface area contributed by atoms with Gasteiger partial charge >= 0.3 is 5.97 Å². The van der Waals surface area contributed by atoms with E-state index < -0.39 is 5.97 Å². The Morgan fingerprint density at radius 1 is 1.09 bits per heavy atom. The molecule has 3 aromatic rings. The molecular weight excluding hydrogens is 348 g/mol. The first-order valence-electron chi connectivity index (χ1n) is 6.48. The Balaban J connectivity index is 1.95. The van der Waals surface area contributed by atoms with Crippen LogP contribution in [0.3, 0.4) is 0 Å². The van der Waals surface area contributed by atoms with Crippen LogP contribution in [0.4, 0.5) is 0 Å². The summed E-state index contributed by atoms with van der Waals surface area (Å²) in [5.41, 5.74) is 2.78. The summed E-state index contributed by atoms with van der Waals surface area (Å²) in [6.07, 6.45) is 0. The second kappa shape index (κ2) is 5.73.